The summed E-state index contributed by atoms with van der Waals surface area (Å²) < 4.78 is 0. The SMILES string of the molecule is CCP(C)(O)(O)P(O)O. The third kappa shape index (κ3) is 2.42. The van der Waals surface area contributed by atoms with Gasteiger partial charge in [0, 0.05) is 0 Å². The van der Waals surface area contributed by atoms with Crippen LogP contribution in [0.15, 0.2) is 0 Å². The molecule has 0 spiro atoms. The van der Waals surface area contributed by atoms with Crippen molar-refractivity contribution in [3.05, 3.63) is 0 Å². The molecule has 58 valence electrons. The molecule has 4 nitrogen and oxygen atoms in total. The predicted molar refractivity (Wildman–Crippen MR) is 39.2 cm³/mol. The standard InChI is InChI=1S/C3H12O4P2/c1-3-9(2,6,7)8(4)5/h4-7H,3H2,1-2H3. The molecule has 6 heteroatoms. The fourth-order valence-electron chi connectivity index (χ4n) is 0.126. The number of rotatable bonds is 2. The van der Waals surface area contributed by atoms with Crippen molar-refractivity contribution in [3.63, 3.8) is 0 Å². The summed E-state index contributed by atoms with van der Waals surface area (Å²) in [7, 11) is -2.58. The van der Waals surface area contributed by atoms with E-state index in [1.54, 1.807) is 0 Å². The van der Waals surface area contributed by atoms with E-state index in [2.05, 4.69) is 0 Å². The molecule has 0 aliphatic heterocycles. The van der Waals surface area contributed by atoms with Crippen molar-refractivity contribution in [3.8, 4) is 0 Å². The van der Waals surface area contributed by atoms with Crippen LogP contribution in [-0.2, 0) is 0 Å². The molecule has 0 heterocycles. The minimum atomic E-state index is -4.03. The molecule has 0 saturated carbocycles. The van der Waals surface area contributed by atoms with Gasteiger partial charge >= 0.3 is 54.1 Å². The average Bonchev–Trinajstić information content (AvgIpc) is 1.66. The quantitative estimate of drug-likeness (QED) is 0.451. The Morgan fingerprint density at radius 3 is 1.67 bits per heavy atom. The van der Waals surface area contributed by atoms with Gasteiger partial charge in [-0.2, -0.15) is 0 Å². The van der Waals surface area contributed by atoms with Crippen LogP contribution < -0.4 is 0 Å². The van der Waals surface area contributed by atoms with Gasteiger partial charge in [-0.25, -0.2) is 0 Å². The Morgan fingerprint density at radius 1 is 1.33 bits per heavy atom. The van der Waals surface area contributed by atoms with E-state index in [1.165, 1.54) is 6.92 Å². The molecule has 9 heavy (non-hydrogen) atoms. The van der Waals surface area contributed by atoms with Crippen LogP contribution in [0.2, 0.25) is 0 Å². The van der Waals surface area contributed by atoms with Gasteiger partial charge < -0.3 is 0 Å². The van der Waals surface area contributed by atoms with Crippen molar-refractivity contribution in [2.75, 3.05) is 12.8 Å². The van der Waals surface area contributed by atoms with E-state index in [9.17, 15) is 0 Å². The van der Waals surface area contributed by atoms with Crippen LogP contribution in [0, 0.1) is 0 Å². The van der Waals surface area contributed by atoms with Crippen molar-refractivity contribution < 1.29 is 19.6 Å². The molecular formula is C3H12O4P2. The molecule has 0 aliphatic carbocycles. The van der Waals surface area contributed by atoms with Gasteiger partial charge in [0.25, 0.3) is 0 Å². The Hall–Kier alpha value is 0.700. The van der Waals surface area contributed by atoms with Gasteiger partial charge in [0.2, 0.25) is 0 Å². The van der Waals surface area contributed by atoms with Crippen molar-refractivity contribution >= 4 is 14.8 Å². The fourth-order valence-corrected chi connectivity index (χ4v) is 1.14. The third-order valence-corrected chi connectivity index (χ3v) is 7.26. The molecule has 0 amide bonds. The first-order valence-corrected chi connectivity index (χ1v) is 7.20. The first-order chi connectivity index (χ1) is 3.78. The Balaban J connectivity index is 4.30. The molecule has 0 rings (SSSR count). The topological polar surface area (TPSA) is 80.9 Å². The molecular weight excluding hydrogens is 162 g/mol. The second-order valence-corrected chi connectivity index (χ2v) is 10.8. The van der Waals surface area contributed by atoms with E-state index in [0.717, 1.165) is 6.66 Å². The van der Waals surface area contributed by atoms with Crippen LogP contribution in [0.1, 0.15) is 6.92 Å². The van der Waals surface area contributed by atoms with Gasteiger partial charge in [0.15, 0.2) is 0 Å². The van der Waals surface area contributed by atoms with Gasteiger partial charge in [-0.15, -0.1) is 0 Å². The van der Waals surface area contributed by atoms with Gasteiger partial charge in [-0.1, -0.05) is 0 Å². The van der Waals surface area contributed by atoms with Crippen LogP contribution in [0.4, 0.5) is 0 Å². The average molecular weight is 174 g/mol. The minimum absolute atomic E-state index is 0.0182. The summed E-state index contributed by atoms with van der Waals surface area (Å²) in [5.74, 6) is 0. The second kappa shape index (κ2) is 2.39. The van der Waals surface area contributed by atoms with Crippen LogP contribution in [0.25, 0.3) is 0 Å². The van der Waals surface area contributed by atoms with E-state index in [-0.39, 0.29) is 6.16 Å². The molecule has 0 aliphatic rings. The monoisotopic (exact) mass is 174 g/mol. The zero-order chi connectivity index (χ0) is 7.73. The first kappa shape index (κ1) is 9.70. The molecule has 0 atom stereocenters. The van der Waals surface area contributed by atoms with Gasteiger partial charge in [-0.05, 0) is 0 Å². The van der Waals surface area contributed by atoms with E-state index >= 15 is 0 Å². The summed E-state index contributed by atoms with van der Waals surface area (Å²) in [5, 5.41) is 0. The predicted octanol–water partition coefficient (Wildman–Crippen LogP) is 0.215. The summed E-state index contributed by atoms with van der Waals surface area (Å²) in [6.45, 7) is -1.41. The Morgan fingerprint density at radius 2 is 1.67 bits per heavy atom. The van der Waals surface area contributed by atoms with E-state index < -0.39 is 14.8 Å². The molecule has 0 aromatic rings. The van der Waals surface area contributed by atoms with Crippen LogP contribution in [-0.4, -0.2) is 32.4 Å². The number of hydrogen-bond acceptors (Lipinski definition) is 4. The van der Waals surface area contributed by atoms with Crippen LogP contribution in [0.3, 0.4) is 0 Å². The molecule has 0 bridgehead atoms. The maximum atomic E-state index is 9.08. The summed E-state index contributed by atoms with van der Waals surface area (Å²) in [5.41, 5.74) is 0. The molecule has 0 unspecified atom stereocenters. The van der Waals surface area contributed by atoms with Gasteiger partial charge in [0.1, 0.15) is 0 Å². The van der Waals surface area contributed by atoms with E-state index in [1.807, 2.05) is 0 Å². The molecule has 0 aromatic heterocycles. The first-order valence-electron chi connectivity index (χ1n) is 2.47. The Bertz CT molecular complexity index is 104. The van der Waals surface area contributed by atoms with Crippen molar-refractivity contribution in [1.29, 1.82) is 0 Å². The zero-order valence-corrected chi connectivity index (χ0v) is 7.18. The Kier molecular flexibility index (Phi) is 2.57. The third-order valence-electron chi connectivity index (χ3n) is 1.21. The zero-order valence-electron chi connectivity index (χ0n) is 5.39. The normalized spacial score (nSPS) is 17.4. The van der Waals surface area contributed by atoms with Gasteiger partial charge in [0.05, 0.1) is 0 Å². The second-order valence-electron chi connectivity index (χ2n) is 2.19. The van der Waals surface area contributed by atoms with E-state index in [0.29, 0.717) is 0 Å². The van der Waals surface area contributed by atoms with E-state index in [4.69, 9.17) is 19.6 Å². The maximum absolute atomic E-state index is 9.08. The summed E-state index contributed by atoms with van der Waals surface area (Å²) in [6.07, 6.45) is 0.0182. The van der Waals surface area contributed by atoms with Crippen molar-refractivity contribution in [2.24, 2.45) is 0 Å². The summed E-state index contributed by atoms with van der Waals surface area (Å²) in [6, 6.07) is 0. The van der Waals surface area contributed by atoms with Crippen molar-refractivity contribution in [2.45, 2.75) is 6.92 Å². The van der Waals surface area contributed by atoms with Crippen molar-refractivity contribution in [1.82, 2.24) is 0 Å². The van der Waals surface area contributed by atoms with Crippen LogP contribution >= 0.6 is 14.8 Å². The summed E-state index contributed by atoms with van der Waals surface area (Å²) >= 11 is 0. The molecule has 4 N–H and O–H groups in total. The molecule has 0 radical (unpaired) electrons. The molecule has 0 aromatic carbocycles. The molecule has 0 saturated heterocycles. The fraction of sp³-hybridized carbons (Fsp3) is 1.00. The van der Waals surface area contributed by atoms with Crippen LogP contribution in [0.5, 0.6) is 0 Å². The molecule has 0 fully saturated rings. The Labute approximate surface area is 55.1 Å². The summed E-state index contributed by atoms with van der Waals surface area (Å²) in [4.78, 5) is 35.2. The number of hydrogen-bond donors (Lipinski definition) is 4. The van der Waals surface area contributed by atoms with Gasteiger partial charge in [-0.3, -0.25) is 0 Å².